The molecule has 7 nitrogen and oxygen atoms in total. The van der Waals surface area contributed by atoms with Crippen molar-refractivity contribution in [3.63, 3.8) is 0 Å². The third-order valence-corrected chi connectivity index (χ3v) is 5.68. The lowest BCUT2D eigenvalue weighted by Gasteiger charge is -2.23. The number of nitrogens with two attached hydrogens (primary N) is 1. The van der Waals surface area contributed by atoms with E-state index in [1.165, 1.54) is 6.20 Å². The van der Waals surface area contributed by atoms with E-state index in [-0.39, 0.29) is 46.9 Å². The molecule has 0 bridgehead atoms. The van der Waals surface area contributed by atoms with Crippen molar-refractivity contribution in [3.05, 3.63) is 33.6 Å². The van der Waals surface area contributed by atoms with E-state index in [9.17, 15) is 10.1 Å². The van der Waals surface area contributed by atoms with Crippen LogP contribution >= 0.6 is 0 Å². The molecule has 1 saturated carbocycles. The zero-order valence-electron chi connectivity index (χ0n) is 15.6. The van der Waals surface area contributed by atoms with Crippen LogP contribution in [-0.4, -0.2) is 44.0 Å². The second kappa shape index (κ2) is 6.72. The molecule has 1 aromatic carbocycles. The van der Waals surface area contributed by atoms with E-state index in [4.69, 9.17) is 10.5 Å². The molecule has 0 radical (unpaired) electrons. The molecule has 2 atom stereocenters. The van der Waals surface area contributed by atoms with Crippen molar-refractivity contribution in [1.82, 2.24) is 9.88 Å². The van der Waals surface area contributed by atoms with Crippen LogP contribution in [0.1, 0.15) is 24.4 Å². The summed E-state index contributed by atoms with van der Waals surface area (Å²) >= 11 is 0. The summed E-state index contributed by atoms with van der Waals surface area (Å²) in [5.74, 6) is -1.81. The Morgan fingerprint density at radius 2 is 2.04 bits per heavy atom. The molecular weight excluding hydrogens is 368 g/mol. The molecule has 0 amide bonds. The SMILES string of the molecule is CNC1CN(c2c(F)c(N)c3c(=O)c(C#N)cn(C4CC4)c3c2F)CC1OC. The third kappa shape index (κ3) is 2.64. The molecule has 1 aromatic heterocycles. The lowest BCUT2D eigenvalue weighted by molar-refractivity contribution is 0.0996. The minimum atomic E-state index is -0.980. The van der Waals surface area contributed by atoms with E-state index < -0.39 is 22.8 Å². The highest BCUT2D eigenvalue weighted by molar-refractivity contribution is 5.96. The fraction of sp³-hybridized carbons (Fsp3) is 0.474. The lowest BCUT2D eigenvalue weighted by atomic mass is 10.1. The van der Waals surface area contributed by atoms with Crippen molar-refractivity contribution in [2.45, 2.75) is 31.0 Å². The van der Waals surface area contributed by atoms with Crippen LogP contribution in [0.4, 0.5) is 20.2 Å². The summed E-state index contributed by atoms with van der Waals surface area (Å²) in [7, 11) is 3.31. The van der Waals surface area contributed by atoms with Gasteiger partial charge in [-0.05, 0) is 19.9 Å². The van der Waals surface area contributed by atoms with E-state index in [1.54, 1.807) is 29.7 Å². The highest BCUT2D eigenvalue weighted by Gasteiger charge is 2.37. The number of pyridine rings is 1. The number of anilines is 2. The first-order chi connectivity index (χ1) is 13.4. The minimum Gasteiger partial charge on any atom is -0.396 e. The van der Waals surface area contributed by atoms with Crippen LogP contribution in [0, 0.1) is 23.0 Å². The fourth-order valence-electron chi connectivity index (χ4n) is 4.02. The van der Waals surface area contributed by atoms with Gasteiger partial charge in [0.25, 0.3) is 0 Å². The average molecular weight is 389 g/mol. The predicted molar refractivity (Wildman–Crippen MR) is 101 cm³/mol. The Morgan fingerprint density at radius 1 is 1.32 bits per heavy atom. The summed E-state index contributed by atoms with van der Waals surface area (Å²) in [4.78, 5) is 14.2. The molecule has 148 valence electrons. The maximum absolute atomic E-state index is 15.6. The smallest absolute Gasteiger partial charge is 0.209 e. The normalized spacial score (nSPS) is 22.0. The van der Waals surface area contributed by atoms with E-state index in [0.717, 1.165) is 12.8 Å². The Morgan fingerprint density at radius 3 is 2.57 bits per heavy atom. The van der Waals surface area contributed by atoms with Gasteiger partial charge in [0.15, 0.2) is 11.6 Å². The zero-order valence-corrected chi connectivity index (χ0v) is 15.6. The second-order valence-corrected chi connectivity index (χ2v) is 7.31. The highest BCUT2D eigenvalue weighted by atomic mass is 19.1. The number of aromatic nitrogens is 1. The minimum absolute atomic E-state index is 0.0298. The van der Waals surface area contributed by atoms with Crippen LogP contribution in [-0.2, 0) is 4.74 Å². The summed E-state index contributed by atoms with van der Waals surface area (Å²) in [6, 6.07) is 1.67. The Bertz CT molecular complexity index is 1050. The fourth-order valence-corrected chi connectivity index (χ4v) is 4.02. The molecule has 2 unspecified atom stereocenters. The zero-order chi connectivity index (χ0) is 20.2. The first kappa shape index (κ1) is 18.7. The van der Waals surface area contributed by atoms with Gasteiger partial charge in [-0.15, -0.1) is 0 Å². The van der Waals surface area contributed by atoms with E-state index in [0.29, 0.717) is 6.54 Å². The molecule has 9 heteroatoms. The van der Waals surface area contributed by atoms with Gasteiger partial charge >= 0.3 is 0 Å². The molecule has 1 saturated heterocycles. The van der Waals surface area contributed by atoms with Gasteiger partial charge in [-0.2, -0.15) is 5.26 Å². The number of nitriles is 1. The quantitative estimate of drug-likeness (QED) is 0.770. The van der Waals surface area contributed by atoms with E-state index >= 15 is 8.78 Å². The number of hydrogen-bond donors (Lipinski definition) is 2. The second-order valence-electron chi connectivity index (χ2n) is 7.31. The largest absolute Gasteiger partial charge is 0.396 e. The number of methoxy groups -OCH3 is 1. The number of fused-ring (bicyclic) bond motifs is 1. The molecule has 3 N–H and O–H groups in total. The van der Waals surface area contributed by atoms with Crippen molar-refractivity contribution in [2.75, 3.05) is 37.9 Å². The van der Waals surface area contributed by atoms with Gasteiger partial charge in [-0.25, -0.2) is 8.78 Å². The van der Waals surface area contributed by atoms with Crippen LogP contribution < -0.4 is 21.4 Å². The molecule has 2 fully saturated rings. The Labute approximate surface area is 160 Å². The molecule has 1 aliphatic carbocycles. The van der Waals surface area contributed by atoms with Crippen molar-refractivity contribution < 1.29 is 13.5 Å². The number of halogens is 2. The Kier molecular flexibility index (Phi) is 4.48. The molecule has 1 aliphatic heterocycles. The van der Waals surface area contributed by atoms with Crippen LogP contribution in [0.25, 0.3) is 10.9 Å². The monoisotopic (exact) mass is 389 g/mol. The number of likely N-dealkylation sites (N-methyl/N-ethyl adjacent to an activating group) is 1. The van der Waals surface area contributed by atoms with Gasteiger partial charge in [-0.1, -0.05) is 0 Å². The summed E-state index contributed by atoms with van der Waals surface area (Å²) < 4.78 is 37.8. The number of nitrogen functional groups attached to an aromatic ring is 1. The van der Waals surface area contributed by atoms with Crippen molar-refractivity contribution in [1.29, 1.82) is 5.26 Å². The maximum Gasteiger partial charge on any atom is 0.209 e. The van der Waals surface area contributed by atoms with Gasteiger partial charge < -0.3 is 25.3 Å². The molecule has 28 heavy (non-hydrogen) atoms. The maximum atomic E-state index is 15.6. The van der Waals surface area contributed by atoms with Gasteiger partial charge in [0.1, 0.15) is 17.3 Å². The van der Waals surface area contributed by atoms with Gasteiger partial charge in [-0.3, -0.25) is 4.79 Å². The van der Waals surface area contributed by atoms with Crippen LogP contribution in [0.15, 0.2) is 11.0 Å². The summed E-state index contributed by atoms with van der Waals surface area (Å²) in [6.07, 6.45) is 2.70. The standard InChI is InChI=1S/C19H21F2N5O2/c1-24-11-7-25(8-12(11)28-2)18-14(20)16(23)13-17(15(18)21)26(10-3-4-10)6-9(5-22)19(13)27/h6,10-12,24H,3-4,7-8,23H2,1-2H3. The highest BCUT2D eigenvalue weighted by Crippen LogP contribution is 2.42. The van der Waals surface area contributed by atoms with Crippen molar-refractivity contribution in [2.24, 2.45) is 0 Å². The summed E-state index contributed by atoms with van der Waals surface area (Å²) in [5, 5.41) is 12.1. The van der Waals surface area contributed by atoms with Crippen LogP contribution in [0.2, 0.25) is 0 Å². The first-order valence-corrected chi connectivity index (χ1v) is 9.13. The lowest BCUT2D eigenvalue weighted by Crippen LogP contribution is -2.37. The number of nitrogens with one attached hydrogen (secondary N) is 1. The summed E-state index contributed by atoms with van der Waals surface area (Å²) in [6.45, 7) is 0.614. The number of rotatable bonds is 4. The van der Waals surface area contributed by atoms with Crippen LogP contribution in [0.5, 0.6) is 0 Å². The topological polar surface area (TPSA) is 96.3 Å². The van der Waals surface area contributed by atoms with Gasteiger partial charge in [0, 0.05) is 32.4 Å². The predicted octanol–water partition coefficient (Wildman–Crippen LogP) is 1.49. The average Bonchev–Trinajstić information content (AvgIpc) is 3.45. The van der Waals surface area contributed by atoms with Crippen molar-refractivity contribution in [3.8, 4) is 6.07 Å². The number of benzene rings is 1. The Hall–Kier alpha value is -2.70. The van der Waals surface area contributed by atoms with E-state index in [2.05, 4.69) is 5.32 Å². The summed E-state index contributed by atoms with van der Waals surface area (Å²) in [5.41, 5.74) is 4.32. The molecule has 0 spiro atoms. The number of ether oxygens (including phenoxy) is 1. The number of hydrogen-bond acceptors (Lipinski definition) is 6. The molecule has 2 aliphatic rings. The molecule has 4 rings (SSSR count). The number of nitrogens with zero attached hydrogens (tertiary/aromatic N) is 3. The van der Waals surface area contributed by atoms with Gasteiger partial charge in [0.05, 0.1) is 28.7 Å². The van der Waals surface area contributed by atoms with Crippen LogP contribution in [0.3, 0.4) is 0 Å². The molecule has 2 heterocycles. The first-order valence-electron chi connectivity index (χ1n) is 9.13. The Balaban J connectivity index is 1.99. The van der Waals surface area contributed by atoms with Crippen molar-refractivity contribution >= 4 is 22.3 Å². The molecule has 2 aromatic rings. The molecular formula is C19H21F2N5O2. The van der Waals surface area contributed by atoms with E-state index in [1.807, 2.05) is 0 Å². The third-order valence-electron chi connectivity index (χ3n) is 5.68. The van der Waals surface area contributed by atoms with Gasteiger partial charge in [0.2, 0.25) is 5.43 Å².